The summed E-state index contributed by atoms with van der Waals surface area (Å²) in [5.74, 6) is -1.22. The molecule has 1 aromatic carbocycles. The minimum Gasteiger partial charge on any atom is -0.281 e. The van der Waals surface area contributed by atoms with Crippen molar-refractivity contribution in [2.24, 2.45) is 0 Å². The molecule has 0 radical (unpaired) electrons. The van der Waals surface area contributed by atoms with Crippen molar-refractivity contribution in [2.45, 2.75) is 6.18 Å². The Morgan fingerprint density at radius 2 is 1.89 bits per heavy atom. The third-order valence-electron chi connectivity index (χ3n) is 2.35. The van der Waals surface area contributed by atoms with Crippen LogP contribution in [-0.4, -0.2) is 21.3 Å². The Hall–Kier alpha value is -2.35. The van der Waals surface area contributed by atoms with E-state index in [1.807, 2.05) is 0 Å². The first-order valence-electron chi connectivity index (χ1n) is 5.10. The topological polar surface area (TPSA) is 69.2 Å². The summed E-state index contributed by atoms with van der Waals surface area (Å²) in [4.78, 5) is 11.8. The maximum atomic E-state index is 12.6. The highest BCUT2D eigenvalue weighted by Gasteiger charge is 2.38. The normalized spacial score (nSPS) is 11.4. The van der Waals surface area contributed by atoms with Gasteiger partial charge in [-0.15, -0.1) is 0 Å². The molecule has 0 aliphatic carbocycles. The first kappa shape index (κ1) is 13.1. The minimum absolute atomic E-state index is 0.0572. The average Bonchev–Trinajstić information content (AvgIpc) is 2.87. The van der Waals surface area contributed by atoms with Crippen molar-refractivity contribution in [2.75, 3.05) is 5.06 Å². The van der Waals surface area contributed by atoms with E-state index >= 15 is 0 Å². The summed E-state index contributed by atoms with van der Waals surface area (Å²) in [6.07, 6.45) is -4.03. The molecule has 8 heteroatoms. The van der Waals surface area contributed by atoms with Gasteiger partial charge in [-0.05, 0) is 12.1 Å². The first-order chi connectivity index (χ1) is 8.91. The van der Waals surface area contributed by atoms with Gasteiger partial charge in [-0.2, -0.15) is 23.3 Å². The Bertz CT molecular complexity index is 580. The third kappa shape index (κ3) is 2.58. The van der Waals surface area contributed by atoms with Crippen LogP contribution in [0, 0.1) is 0 Å². The number of hydrogen-bond acceptors (Lipinski definition) is 3. The molecule has 19 heavy (non-hydrogen) atoms. The molecule has 5 nitrogen and oxygen atoms in total. The van der Waals surface area contributed by atoms with Crippen molar-refractivity contribution in [3.8, 4) is 0 Å². The van der Waals surface area contributed by atoms with Gasteiger partial charge in [0.15, 0.2) is 5.69 Å². The van der Waals surface area contributed by atoms with Gasteiger partial charge in [-0.25, -0.2) is 0 Å². The number of alkyl halides is 3. The number of para-hydroxylation sites is 1. The van der Waals surface area contributed by atoms with Gasteiger partial charge in [0.2, 0.25) is 0 Å². The number of aromatic amines is 1. The highest BCUT2D eigenvalue weighted by atomic mass is 19.4. The molecule has 0 aliphatic rings. The largest absolute Gasteiger partial charge is 0.433 e. The molecule has 0 spiro atoms. The number of amides is 1. The molecular weight excluding hydrogens is 263 g/mol. The predicted octanol–water partition coefficient (Wildman–Crippen LogP) is 2.46. The molecule has 100 valence electrons. The molecule has 0 saturated heterocycles. The van der Waals surface area contributed by atoms with E-state index in [9.17, 15) is 23.2 Å². The summed E-state index contributed by atoms with van der Waals surface area (Å²) in [6, 6.07) is 7.47. The number of anilines is 1. The molecule has 1 amide bonds. The van der Waals surface area contributed by atoms with Gasteiger partial charge in [0.25, 0.3) is 5.91 Å². The van der Waals surface area contributed by atoms with Crippen molar-refractivity contribution in [1.82, 2.24) is 10.2 Å². The summed E-state index contributed by atoms with van der Waals surface area (Å²) in [5.41, 5.74) is -1.99. The number of hydroxylamine groups is 1. The Morgan fingerprint density at radius 3 is 2.47 bits per heavy atom. The van der Waals surface area contributed by atoms with Crippen molar-refractivity contribution in [1.29, 1.82) is 0 Å². The fourth-order valence-electron chi connectivity index (χ4n) is 1.46. The van der Waals surface area contributed by atoms with E-state index in [1.54, 1.807) is 11.2 Å². The lowest BCUT2D eigenvalue weighted by molar-refractivity contribution is -0.141. The smallest absolute Gasteiger partial charge is 0.281 e. The van der Waals surface area contributed by atoms with Gasteiger partial charge in [-0.3, -0.25) is 15.1 Å². The number of H-pyrrole nitrogens is 1. The van der Waals surface area contributed by atoms with Crippen LogP contribution in [0.1, 0.15) is 16.1 Å². The SMILES string of the molecule is O=C(c1cn[nH]c1C(F)(F)F)N(O)c1ccccc1. The second-order valence-electron chi connectivity index (χ2n) is 3.61. The van der Waals surface area contributed by atoms with Crippen molar-refractivity contribution < 1.29 is 23.2 Å². The summed E-state index contributed by atoms with van der Waals surface area (Å²) in [7, 11) is 0. The van der Waals surface area contributed by atoms with E-state index in [-0.39, 0.29) is 10.8 Å². The van der Waals surface area contributed by atoms with Crippen LogP contribution in [0.2, 0.25) is 0 Å². The lowest BCUT2D eigenvalue weighted by atomic mass is 10.2. The third-order valence-corrected chi connectivity index (χ3v) is 2.35. The van der Waals surface area contributed by atoms with Crippen LogP contribution in [0.5, 0.6) is 0 Å². The number of nitrogens with one attached hydrogen (secondary N) is 1. The number of benzene rings is 1. The van der Waals surface area contributed by atoms with Crippen LogP contribution in [0.4, 0.5) is 18.9 Å². The predicted molar refractivity (Wildman–Crippen MR) is 58.6 cm³/mol. The molecule has 2 aromatic rings. The number of carbonyl (C=O) groups excluding carboxylic acids is 1. The van der Waals surface area contributed by atoms with Crippen LogP contribution >= 0.6 is 0 Å². The fraction of sp³-hybridized carbons (Fsp3) is 0.0909. The summed E-state index contributed by atoms with van der Waals surface area (Å²) in [5, 5.41) is 14.6. The molecule has 2 rings (SSSR count). The van der Waals surface area contributed by atoms with Crippen molar-refractivity contribution in [3.05, 3.63) is 47.8 Å². The maximum Gasteiger partial charge on any atom is 0.433 e. The standard InChI is InChI=1S/C11H8F3N3O2/c12-11(13,14)9-8(6-15-16-9)10(18)17(19)7-4-2-1-3-5-7/h1-6,19H,(H,15,16). The number of carbonyl (C=O) groups is 1. The highest BCUT2D eigenvalue weighted by molar-refractivity contribution is 6.05. The van der Waals surface area contributed by atoms with Gasteiger partial charge >= 0.3 is 6.18 Å². The van der Waals surface area contributed by atoms with Gasteiger partial charge in [0.1, 0.15) is 0 Å². The summed E-state index contributed by atoms with van der Waals surface area (Å²) >= 11 is 0. The lowest BCUT2D eigenvalue weighted by Crippen LogP contribution is -2.28. The Morgan fingerprint density at radius 1 is 1.26 bits per heavy atom. The zero-order valence-corrected chi connectivity index (χ0v) is 9.35. The quantitative estimate of drug-likeness (QED) is 0.651. The lowest BCUT2D eigenvalue weighted by Gasteiger charge is -2.15. The number of hydrogen-bond donors (Lipinski definition) is 2. The van der Waals surface area contributed by atoms with Crippen LogP contribution < -0.4 is 5.06 Å². The monoisotopic (exact) mass is 271 g/mol. The molecule has 0 aliphatic heterocycles. The van der Waals surface area contributed by atoms with E-state index < -0.39 is 23.3 Å². The zero-order chi connectivity index (χ0) is 14.0. The second kappa shape index (κ2) is 4.73. The summed E-state index contributed by atoms with van der Waals surface area (Å²) in [6.45, 7) is 0. The molecule has 2 N–H and O–H groups in total. The molecule has 0 unspecified atom stereocenters. The zero-order valence-electron chi connectivity index (χ0n) is 9.35. The number of halogens is 3. The number of rotatable bonds is 2. The molecule has 0 atom stereocenters. The van der Waals surface area contributed by atoms with Gasteiger partial charge in [-0.1, -0.05) is 18.2 Å². The van der Waals surface area contributed by atoms with Gasteiger partial charge < -0.3 is 0 Å². The molecule has 1 heterocycles. The van der Waals surface area contributed by atoms with E-state index in [0.29, 0.717) is 0 Å². The molecular formula is C11H8F3N3O2. The van der Waals surface area contributed by atoms with Crippen LogP contribution in [0.25, 0.3) is 0 Å². The van der Waals surface area contributed by atoms with Crippen molar-refractivity contribution >= 4 is 11.6 Å². The van der Waals surface area contributed by atoms with E-state index in [2.05, 4.69) is 5.10 Å². The molecule has 1 aromatic heterocycles. The average molecular weight is 271 g/mol. The van der Waals surface area contributed by atoms with E-state index in [0.717, 1.165) is 6.20 Å². The van der Waals surface area contributed by atoms with E-state index in [4.69, 9.17) is 0 Å². The van der Waals surface area contributed by atoms with Gasteiger partial charge in [0.05, 0.1) is 17.4 Å². The Balaban J connectivity index is 2.33. The van der Waals surface area contributed by atoms with Gasteiger partial charge in [0, 0.05) is 0 Å². The Labute approximate surface area is 105 Å². The Kier molecular flexibility index (Phi) is 3.26. The van der Waals surface area contributed by atoms with Crippen LogP contribution in [0.3, 0.4) is 0 Å². The molecule has 0 bridgehead atoms. The maximum absolute atomic E-state index is 12.6. The molecule has 0 saturated carbocycles. The molecule has 0 fully saturated rings. The summed E-state index contributed by atoms with van der Waals surface area (Å²) < 4.78 is 37.8. The fourth-order valence-corrected chi connectivity index (χ4v) is 1.46. The minimum atomic E-state index is -4.75. The van der Waals surface area contributed by atoms with Crippen molar-refractivity contribution in [3.63, 3.8) is 0 Å². The van der Waals surface area contributed by atoms with Crippen LogP contribution in [-0.2, 0) is 6.18 Å². The first-order valence-corrected chi connectivity index (χ1v) is 5.10. The second-order valence-corrected chi connectivity index (χ2v) is 3.61. The highest BCUT2D eigenvalue weighted by Crippen LogP contribution is 2.30. The van der Waals surface area contributed by atoms with Crippen LogP contribution in [0.15, 0.2) is 36.5 Å². The number of aromatic nitrogens is 2. The van der Waals surface area contributed by atoms with E-state index in [1.165, 1.54) is 24.3 Å². The number of nitrogens with zero attached hydrogens (tertiary/aromatic N) is 2.